The zero-order valence-corrected chi connectivity index (χ0v) is 12.8. The molecule has 0 saturated heterocycles. The Bertz CT molecular complexity index is 481. The molecule has 6 nitrogen and oxygen atoms in total. The molecule has 1 aromatic rings. The molecule has 0 aliphatic rings. The van der Waals surface area contributed by atoms with Gasteiger partial charge in [-0.1, -0.05) is 0 Å². The summed E-state index contributed by atoms with van der Waals surface area (Å²) < 4.78 is 0. The molecule has 0 aliphatic heterocycles. The van der Waals surface area contributed by atoms with Crippen LogP contribution in [0.4, 0.5) is 0 Å². The predicted molar refractivity (Wildman–Crippen MR) is 75.5 cm³/mol. The number of carbonyl (C=O) groups is 2. The van der Waals surface area contributed by atoms with E-state index in [-0.39, 0.29) is 25.3 Å². The third-order valence-corrected chi connectivity index (χ3v) is 3.27. The molecule has 0 fully saturated rings. The van der Waals surface area contributed by atoms with Crippen molar-refractivity contribution in [3.05, 3.63) is 17.0 Å². The van der Waals surface area contributed by atoms with E-state index in [1.807, 2.05) is 34.6 Å². The van der Waals surface area contributed by atoms with E-state index in [4.69, 9.17) is 5.11 Å². The molecule has 1 aromatic heterocycles. The van der Waals surface area contributed by atoms with E-state index in [2.05, 4.69) is 10.2 Å². The monoisotopic (exact) mass is 281 g/mol. The maximum atomic E-state index is 12.5. The Hall–Kier alpha value is -1.85. The smallest absolute Gasteiger partial charge is 0.305 e. The SMILES string of the molecule is Cc1n[nH]c(C)c1CC(=O)N(CCC(=O)O)C(C)(C)C. The first kappa shape index (κ1) is 16.2. The molecule has 0 aromatic carbocycles. The predicted octanol–water partition coefficient (Wildman–Crippen LogP) is 1.67. The fourth-order valence-corrected chi connectivity index (χ4v) is 2.12. The van der Waals surface area contributed by atoms with Crippen molar-refractivity contribution < 1.29 is 14.7 Å². The molecule has 1 heterocycles. The van der Waals surface area contributed by atoms with Gasteiger partial charge in [-0.3, -0.25) is 14.7 Å². The molecule has 0 atom stereocenters. The van der Waals surface area contributed by atoms with Gasteiger partial charge in [0, 0.05) is 23.3 Å². The number of aromatic amines is 1. The van der Waals surface area contributed by atoms with Gasteiger partial charge in [0.1, 0.15) is 0 Å². The average molecular weight is 281 g/mol. The zero-order valence-electron chi connectivity index (χ0n) is 12.8. The molecule has 0 radical (unpaired) electrons. The van der Waals surface area contributed by atoms with Crippen molar-refractivity contribution in [2.75, 3.05) is 6.54 Å². The summed E-state index contributed by atoms with van der Waals surface area (Å²) in [5, 5.41) is 15.7. The zero-order chi connectivity index (χ0) is 15.5. The minimum Gasteiger partial charge on any atom is -0.481 e. The van der Waals surface area contributed by atoms with Crippen LogP contribution >= 0.6 is 0 Å². The second kappa shape index (κ2) is 6.07. The summed E-state index contributed by atoms with van der Waals surface area (Å²) >= 11 is 0. The summed E-state index contributed by atoms with van der Waals surface area (Å²) in [5.41, 5.74) is 2.17. The Labute approximate surface area is 119 Å². The van der Waals surface area contributed by atoms with Gasteiger partial charge in [-0.2, -0.15) is 5.10 Å². The van der Waals surface area contributed by atoms with Crippen molar-refractivity contribution in [3.63, 3.8) is 0 Å². The lowest BCUT2D eigenvalue weighted by atomic mass is 10.0. The van der Waals surface area contributed by atoms with Crippen molar-refractivity contribution in [1.82, 2.24) is 15.1 Å². The number of nitrogens with one attached hydrogen (secondary N) is 1. The summed E-state index contributed by atoms with van der Waals surface area (Å²) in [6.45, 7) is 9.66. The van der Waals surface area contributed by atoms with Crippen molar-refractivity contribution in [1.29, 1.82) is 0 Å². The normalized spacial score (nSPS) is 11.4. The van der Waals surface area contributed by atoms with Crippen LogP contribution in [0.3, 0.4) is 0 Å². The average Bonchev–Trinajstić information content (AvgIpc) is 2.58. The summed E-state index contributed by atoms with van der Waals surface area (Å²) in [4.78, 5) is 24.8. The number of nitrogens with zero attached hydrogens (tertiary/aromatic N) is 2. The lowest BCUT2D eigenvalue weighted by Gasteiger charge is -2.35. The fraction of sp³-hybridized carbons (Fsp3) is 0.643. The number of H-pyrrole nitrogens is 1. The van der Waals surface area contributed by atoms with Gasteiger partial charge in [-0.25, -0.2) is 0 Å². The van der Waals surface area contributed by atoms with Crippen LogP contribution in [0.25, 0.3) is 0 Å². The number of hydrogen-bond acceptors (Lipinski definition) is 3. The first-order chi connectivity index (χ1) is 9.12. The minimum atomic E-state index is -0.900. The Balaban J connectivity index is 2.86. The van der Waals surface area contributed by atoms with Crippen LogP contribution in [-0.4, -0.2) is 44.2 Å². The molecule has 0 saturated carbocycles. The highest BCUT2D eigenvalue weighted by Crippen LogP contribution is 2.18. The van der Waals surface area contributed by atoms with E-state index < -0.39 is 11.5 Å². The number of aryl methyl sites for hydroxylation is 2. The van der Waals surface area contributed by atoms with Crippen LogP contribution in [0.5, 0.6) is 0 Å². The van der Waals surface area contributed by atoms with Crippen LogP contribution in [0.15, 0.2) is 0 Å². The highest BCUT2D eigenvalue weighted by molar-refractivity contribution is 5.80. The van der Waals surface area contributed by atoms with E-state index >= 15 is 0 Å². The van der Waals surface area contributed by atoms with Crippen molar-refractivity contribution in [2.24, 2.45) is 0 Å². The van der Waals surface area contributed by atoms with E-state index in [9.17, 15) is 9.59 Å². The fourth-order valence-electron chi connectivity index (χ4n) is 2.12. The highest BCUT2D eigenvalue weighted by Gasteiger charge is 2.27. The Morgan fingerprint density at radius 3 is 2.30 bits per heavy atom. The molecular formula is C14H23N3O3. The Kier molecular flexibility index (Phi) is 4.92. The van der Waals surface area contributed by atoms with Gasteiger partial charge in [0.25, 0.3) is 0 Å². The third-order valence-electron chi connectivity index (χ3n) is 3.27. The molecule has 0 bridgehead atoms. The van der Waals surface area contributed by atoms with Gasteiger partial charge >= 0.3 is 5.97 Å². The van der Waals surface area contributed by atoms with E-state index in [0.717, 1.165) is 17.0 Å². The first-order valence-electron chi connectivity index (χ1n) is 6.65. The number of carboxylic acids is 1. The summed E-state index contributed by atoms with van der Waals surface area (Å²) in [6, 6.07) is 0. The minimum absolute atomic E-state index is 0.0492. The molecule has 2 N–H and O–H groups in total. The Morgan fingerprint density at radius 1 is 1.30 bits per heavy atom. The van der Waals surface area contributed by atoms with Crippen molar-refractivity contribution in [2.45, 2.75) is 53.0 Å². The second-order valence-electron chi connectivity index (χ2n) is 5.95. The van der Waals surface area contributed by atoms with Crippen molar-refractivity contribution >= 4 is 11.9 Å². The van der Waals surface area contributed by atoms with Crippen LogP contribution in [-0.2, 0) is 16.0 Å². The van der Waals surface area contributed by atoms with E-state index in [0.29, 0.717) is 0 Å². The number of carboxylic acid groups (broad SMARTS) is 1. The lowest BCUT2D eigenvalue weighted by Crippen LogP contribution is -2.47. The molecule has 20 heavy (non-hydrogen) atoms. The van der Waals surface area contributed by atoms with Crippen molar-refractivity contribution in [3.8, 4) is 0 Å². The van der Waals surface area contributed by atoms with Gasteiger partial charge in [0.2, 0.25) is 5.91 Å². The van der Waals surface area contributed by atoms with Gasteiger partial charge in [-0.15, -0.1) is 0 Å². The van der Waals surface area contributed by atoms with Gasteiger partial charge < -0.3 is 10.0 Å². The maximum absolute atomic E-state index is 12.5. The molecule has 1 amide bonds. The number of hydrogen-bond donors (Lipinski definition) is 2. The lowest BCUT2D eigenvalue weighted by molar-refractivity contribution is -0.140. The van der Waals surface area contributed by atoms with Crippen LogP contribution in [0.2, 0.25) is 0 Å². The van der Waals surface area contributed by atoms with Crippen LogP contribution in [0, 0.1) is 13.8 Å². The number of rotatable bonds is 5. The number of aromatic nitrogens is 2. The standard InChI is InChI=1S/C14H23N3O3/c1-9-11(10(2)16-15-9)8-12(18)17(14(3,4)5)7-6-13(19)20/h6-8H2,1-5H3,(H,15,16)(H,19,20). The molecule has 0 spiro atoms. The van der Waals surface area contributed by atoms with Gasteiger partial charge in [0.15, 0.2) is 0 Å². The van der Waals surface area contributed by atoms with Crippen LogP contribution < -0.4 is 0 Å². The molecule has 0 aliphatic carbocycles. The molecule has 1 rings (SSSR count). The summed E-state index contributed by atoms with van der Waals surface area (Å²) in [7, 11) is 0. The maximum Gasteiger partial charge on any atom is 0.305 e. The molecular weight excluding hydrogens is 258 g/mol. The molecule has 0 unspecified atom stereocenters. The van der Waals surface area contributed by atoms with E-state index in [1.165, 1.54) is 0 Å². The third kappa shape index (κ3) is 4.08. The topological polar surface area (TPSA) is 86.3 Å². The summed E-state index contributed by atoms with van der Waals surface area (Å²) in [6.07, 6.45) is 0.192. The number of carbonyl (C=O) groups excluding carboxylic acids is 1. The number of aliphatic carboxylic acids is 1. The second-order valence-corrected chi connectivity index (χ2v) is 5.95. The first-order valence-corrected chi connectivity index (χ1v) is 6.65. The highest BCUT2D eigenvalue weighted by atomic mass is 16.4. The van der Waals surface area contributed by atoms with Crippen LogP contribution in [0.1, 0.15) is 44.1 Å². The van der Waals surface area contributed by atoms with E-state index in [1.54, 1.807) is 4.90 Å². The van der Waals surface area contributed by atoms with Gasteiger partial charge in [-0.05, 0) is 34.6 Å². The summed E-state index contributed by atoms with van der Waals surface area (Å²) in [5.74, 6) is -0.978. The molecule has 6 heteroatoms. The number of amides is 1. The quantitative estimate of drug-likeness (QED) is 0.859. The van der Waals surface area contributed by atoms with Gasteiger partial charge in [0.05, 0.1) is 18.5 Å². The molecule has 112 valence electrons. The largest absolute Gasteiger partial charge is 0.481 e. The Morgan fingerprint density at radius 2 is 1.90 bits per heavy atom.